The van der Waals surface area contributed by atoms with Gasteiger partial charge in [0.1, 0.15) is 5.82 Å². The number of pyridine rings is 1. The van der Waals surface area contributed by atoms with E-state index in [9.17, 15) is 4.79 Å². The van der Waals surface area contributed by atoms with E-state index in [1.165, 1.54) is 32.1 Å². The first-order valence-electron chi connectivity index (χ1n) is 9.20. The number of hydrogen-bond donors (Lipinski definition) is 0. The molecule has 4 nitrogen and oxygen atoms in total. The van der Waals surface area contributed by atoms with Crippen LogP contribution in [0, 0.1) is 17.8 Å². The van der Waals surface area contributed by atoms with Crippen molar-refractivity contribution >= 4 is 17.3 Å². The second-order valence-corrected chi connectivity index (χ2v) is 7.88. The van der Waals surface area contributed by atoms with Crippen LogP contribution in [0.25, 0.3) is 5.70 Å². The molecule has 4 rings (SSSR count). The first-order valence-corrected chi connectivity index (χ1v) is 9.20. The molecule has 130 valence electrons. The number of carbonyl (C=O) groups is 1. The van der Waals surface area contributed by atoms with Crippen molar-refractivity contribution in [3.05, 3.63) is 29.0 Å². The zero-order valence-corrected chi connectivity index (χ0v) is 15.1. The Balaban J connectivity index is 1.74. The van der Waals surface area contributed by atoms with Gasteiger partial charge >= 0.3 is 0 Å². The fourth-order valence-corrected chi connectivity index (χ4v) is 4.42. The summed E-state index contributed by atoms with van der Waals surface area (Å²) in [6.45, 7) is 1.95. The van der Waals surface area contributed by atoms with Crippen molar-refractivity contribution in [1.29, 1.82) is 0 Å². The summed E-state index contributed by atoms with van der Waals surface area (Å²) < 4.78 is 0. The van der Waals surface area contributed by atoms with E-state index < -0.39 is 0 Å². The number of ketones is 1. The maximum absolute atomic E-state index is 12.6. The second kappa shape index (κ2) is 5.91. The molecule has 0 radical (unpaired) electrons. The predicted octanol–water partition coefficient (Wildman–Crippen LogP) is 2.88. The largest absolute Gasteiger partial charge is 0.369 e. The van der Waals surface area contributed by atoms with Crippen molar-refractivity contribution < 1.29 is 4.79 Å². The molecule has 0 amide bonds. The number of hydrogen-bond acceptors (Lipinski definition) is 4. The molecule has 2 fully saturated rings. The first kappa shape index (κ1) is 16.2. The zero-order chi connectivity index (χ0) is 17.6. The Kier molecular flexibility index (Phi) is 3.83. The lowest BCUT2D eigenvalue weighted by Gasteiger charge is -2.49. The van der Waals surface area contributed by atoms with Crippen LogP contribution in [0.5, 0.6) is 0 Å². The number of aromatic nitrogens is 1. The van der Waals surface area contributed by atoms with Crippen molar-refractivity contribution in [3.63, 3.8) is 0 Å². The Bertz CT molecular complexity index is 786. The predicted molar refractivity (Wildman–Crippen MR) is 100 cm³/mol. The number of nitrogens with zero attached hydrogens (tertiary/aromatic N) is 3. The van der Waals surface area contributed by atoms with Crippen LogP contribution in [0.15, 0.2) is 17.7 Å². The molecule has 1 saturated carbocycles. The molecule has 1 aromatic rings. The third-order valence-corrected chi connectivity index (χ3v) is 6.21. The molecule has 1 spiro atoms. The Hall–Kier alpha value is -2.28. The van der Waals surface area contributed by atoms with Crippen LogP contribution in [0.1, 0.15) is 43.4 Å². The van der Waals surface area contributed by atoms with Gasteiger partial charge in [0.25, 0.3) is 0 Å². The van der Waals surface area contributed by atoms with Gasteiger partial charge in [0.2, 0.25) is 0 Å². The Labute approximate surface area is 149 Å². The van der Waals surface area contributed by atoms with E-state index in [0.717, 1.165) is 35.9 Å². The average molecular weight is 335 g/mol. The molecule has 25 heavy (non-hydrogen) atoms. The van der Waals surface area contributed by atoms with Crippen LogP contribution in [-0.4, -0.2) is 42.9 Å². The van der Waals surface area contributed by atoms with E-state index in [0.29, 0.717) is 17.4 Å². The van der Waals surface area contributed by atoms with E-state index in [4.69, 9.17) is 11.4 Å². The van der Waals surface area contributed by atoms with Crippen LogP contribution >= 0.6 is 0 Å². The molecule has 2 aliphatic carbocycles. The molecular weight excluding hydrogens is 310 g/mol. The third-order valence-electron chi connectivity index (χ3n) is 6.21. The number of Topliss-reactive ketones (excluding diaryl/α,β-unsaturated/α-hetero) is 1. The molecule has 2 heterocycles. The van der Waals surface area contributed by atoms with Gasteiger partial charge in [-0.25, -0.2) is 4.98 Å². The fourth-order valence-electron chi connectivity index (χ4n) is 4.42. The molecule has 0 atom stereocenters. The van der Waals surface area contributed by atoms with E-state index >= 15 is 0 Å². The van der Waals surface area contributed by atoms with Gasteiger partial charge in [-0.05, 0) is 42.7 Å². The zero-order valence-electron chi connectivity index (χ0n) is 15.1. The minimum atomic E-state index is 0.0494. The number of likely N-dealkylation sites (tertiary alicyclic amines) is 1. The second-order valence-electron chi connectivity index (χ2n) is 7.88. The van der Waals surface area contributed by atoms with Crippen molar-refractivity contribution in [3.8, 4) is 12.3 Å². The molecule has 1 saturated heterocycles. The van der Waals surface area contributed by atoms with Crippen LogP contribution < -0.4 is 4.90 Å². The fraction of sp³-hybridized carbons (Fsp3) is 0.524. The van der Waals surface area contributed by atoms with Gasteiger partial charge in [-0.3, -0.25) is 4.79 Å². The number of fused-ring (bicyclic) bond motifs is 1. The number of allylic oxidation sites excluding steroid dienone is 1. The summed E-state index contributed by atoms with van der Waals surface area (Å²) in [6, 6.07) is 4.00. The van der Waals surface area contributed by atoms with E-state index in [-0.39, 0.29) is 5.78 Å². The monoisotopic (exact) mass is 335 g/mol. The molecule has 3 aliphatic rings. The van der Waals surface area contributed by atoms with Crippen molar-refractivity contribution in [1.82, 2.24) is 9.88 Å². The number of rotatable bonds is 2. The van der Waals surface area contributed by atoms with Crippen molar-refractivity contribution in [2.75, 3.05) is 32.1 Å². The summed E-state index contributed by atoms with van der Waals surface area (Å²) in [5.41, 5.74) is 3.87. The minimum Gasteiger partial charge on any atom is -0.369 e. The normalized spacial score (nSPS) is 21.6. The number of carbonyl (C=O) groups excluding carboxylic acids is 1. The van der Waals surface area contributed by atoms with E-state index in [1.54, 1.807) is 0 Å². The average Bonchev–Trinajstić information content (AvgIpc) is 2.59. The quantitative estimate of drug-likeness (QED) is 0.779. The third kappa shape index (κ3) is 2.63. The maximum atomic E-state index is 12.6. The van der Waals surface area contributed by atoms with Gasteiger partial charge in [0.05, 0.1) is 17.0 Å². The lowest BCUT2D eigenvalue weighted by Crippen LogP contribution is -2.43. The summed E-state index contributed by atoms with van der Waals surface area (Å²) in [5.74, 6) is 3.62. The van der Waals surface area contributed by atoms with Crippen molar-refractivity contribution in [2.45, 2.75) is 38.5 Å². The number of anilines is 1. The van der Waals surface area contributed by atoms with Crippen LogP contribution in [0.3, 0.4) is 0 Å². The number of terminal acetylenes is 1. The number of piperidine rings is 1. The summed E-state index contributed by atoms with van der Waals surface area (Å²) >= 11 is 0. The van der Waals surface area contributed by atoms with Crippen LogP contribution in [-0.2, 0) is 11.2 Å². The summed E-state index contributed by atoms with van der Waals surface area (Å²) in [7, 11) is 3.96. The molecule has 1 aromatic heterocycles. The van der Waals surface area contributed by atoms with Crippen molar-refractivity contribution in [2.24, 2.45) is 5.41 Å². The molecule has 1 aliphatic heterocycles. The maximum Gasteiger partial charge on any atom is 0.177 e. The summed E-state index contributed by atoms with van der Waals surface area (Å²) in [5, 5.41) is 0. The molecule has 0 unspecified atom stereocenters. The smallest absolute Gasteiger partial charge is 0.177 e. The Morgan fingerprint density at radius 2 is 1.92 bits per heavy atom. The topological polar surface area (TPSA) is 36.4 Å². The van der Waals surface area contributed by atoms with E-state index in [2.05, 4.69) is 10.8 Å². The summed E-state index contributed by atoms with van der Waals surface area (Å²) in [4.78, 5) is 21.8. The lowest BCUT2D eigenvalue weighted by molar-refractivity contribution is -0.114. The van der Waals surface area contributed by atoms with Gasteiger partial charge in [0, 0.05) is 33.6 Å². The highest BCUT2D eigenvalue weighted by molar-refractivity contribution is 6.09. The molecule has 0 bridgehead atoms. The van der Waals surface area contributed by atoms with Crippen LogP contribution in [0.2, 0.25) is 0 Å². The van der Waals surface area contributed by atoms with Gasteiger partial charge in [-0.1, -0.05) is 18.4 Å². The standard InChI is InChI=1S/C21H25N3O/c1-4-16-17(25)14-15-6-7-18(23(2)3)22-19(15)20(16)24-12-10-21(11-13-24)8-5-9-21/h1,6-7H,5,8-14H2,2-3H3. The highest BCUT2D eigenvalue weighted by Crippen LogP contribution is 2.50. The minimum absolute atomic E-state index is 0.0494. The molecule has 4 heteroatoms. The molecule has 0 N–H and O–H groups in total. The highest BCUT2D eigenvalue weighted by atomic mass is 16.1. The lowest BCUT2D eigenvalue weighted by atomic mass is 9.63. The molecular formula is C21H25N3O. The van der Waals surface area contributed by atoms with Gasteiger partial charge in [0.15, 0.2) is 5.78 Å². The van der Waals surface area contributed by atoms with Crippen LogP contribution in [0.4, 0.5) is 5.82 Å². The first-order chi connectivity index (χ1) is 12.0. The Morgan fingerprint density at radius 3 is 2.48 bits per heavy atom. The summed E-state index contributed by atoms with van der Waals surface area (Å²) in [6.07, 6.45) is 12.6. The molecule has 0 aromatic carbocycles. The van der Waals surface area contributed by atoms with Gasteiger partial charge < -0.3 is 9.80 Å². The van der Waals surface area contributed by atoms with E-state index in [1.807, 2.05) is 31.1 Å². The Morgan fingerprint density at radius 1 is 1.20 bits per heavy atom. The SMILES string of the molecule is C#CC1=C(N2CCC3(CCC3)CC2)c2nc(N(C)C)ccc2CC1=O. The van der Waals surface area contributed by atoms with Gasteiger partial charge in [-0.2, -0.15) is 0 Å². The van der Waals surface area contributed by atoms with Gasteiger partial charge in [-0.15, -0.1) is 6.42 Å². The highest BCUT2D eigenvalue weighted by Gasteiger charge is 2.41.